The third kappa shape index (κ3) is 4.05. The maximum atomic E-state index is 12.7. The van der Waals surface area contributed by atoms with E-state index in [0.717, 1.165) is 29.8 Å². The number of phenolic OH excluding ortho intramolecular Hbond substituents is 1. The fourth-order valence-corrected chi connectivity index (χ4v) is 5.03. The Bertz CT molecular complexity index is 992. The number of hydrogen-bond acceptors (Lipinski definition) is 5. The topological polar surface area (TPSA) is 105 Å². The highest BCUT2D eigenvalue weighted by Crippen LogP contribution is 2.29. The van der Waals surface area contributed by atoms with E-state index in [-0.39, 0.29) is 28.7 Å². The molecule has 1 fully saturated rings. The van der Waals surface area contributed by atoms with Gasteiger partial charge >= 0.3 is 0 Å². The van der Waals surface area contributed by atoms with Crippen LogP contribution in [0.25, 0.3) is 0 Å². The van der Waals surface area contributed by atoms with Crippen molar-refractivity contribution in [3.8, 4) is 5.75 Å². The molecular formula is C19H26N4O4S. The molecule has 2 aromatic rings. The number of hydrogen-bond donors (Lipinski definition) is 2. The number of aromatic hydroxyl groups is 1. The van der Waals surface area contributed by atoms with E-state index in [2.05, 4.69) is 10.4 Å². The van der Waals surface area contributed by atoms with E-state index >= 15 is 0 Å². The highest BCUT2D eigenvalue weighted by Gasteiger charge is 2.28. The van der Waals surface area contributed by atoms with E-state index in [1.165, 1.54) is 22.5 Å². The van der Waals surface area contributed by atoms with E-state index in [9.17, 15) is 18.3 Å². The lowest BCUT2D eigenvalue weighted by Gasteiger charge is -2.16. The van der Waals surface area contributed by atoms with Crippen LogP contribution in [0.2, 0.25) is 0 Å². The minimum atomic E-state index is -3.62. The normalized spacial score (nSPS) is 15.1. The first kappa shape index (κ1) is 20.3. The first-order valence-corrected chi connectivity index (χ1v) is 10.8. The molecule has 1 amide bonds. The number of sulfonamides is 1. The number of anilines is 1. The van der Waals surface area contributed by atoms with Crippen molar-refractivity contribution >= 4 is 21.6 Å². The number of nitrogens with one attached hydrogen (secondary N) is 1. The number of phenols is 1. The van der Waals surface area contributed by atoms with E-state index in [4.69, 9.17) is 0 Å². The second-order valence-corrected chi connectivity index (χ2v) is 9.05. The molecule has 28 heavy (non-hydrogen) atoms. The smallest absolute Gasteiger partial charge is 0.243 e. The second-order valence-electron chi connectivity index (χ2n) is 7.11. The third-order valence-corrected chi connectivity index (χ3v) is 7.10. The molecule has 3 rings (SSSR count). The maximum Gasteiger partial charge on any atom is 0.243 e. The lowest BCUT2D eigenvalue weighted by molar-refractivity contribution is -0.116. The number of amides is 1. The predicted octanol–water partition coefficient (Wildman–Crippen LogP) is 2.10. The maximum absolute atomic E-state index is 12.7. The molecule has 1 aromatic carbocycles. The van der Waals surface area contributed by atoms with Crippen molar-refractivity contribution < 1.29 is 18.3 Å². The molecule has 0 spiro atoms. The second kappa shape index (κ2) is 7.92. The van der Waals surface area contributed by atoms with Crippen molar-refractivity contribution in [2.75, 3.05) is 18.4 Å². The van der Waals surface area contributed by atoms with Crippen LogP contribution in [0.15, 0.2) is 23.1 Å². The zero-order valence-electron chi connectivity index (χ0n) is 16.4. The van der Waals surface area contributed by atoms with Crippen molar-refractivity contribution in [2.24, 2.45) is 7.05 Å². The Morgan fingerprint density at radius 1 is 1.25 bits per heavy atom. The highest BCUT2D eigenvalue weighted by molar-refractivity contribution is 7.89. The molecule has 0 radical (unpaired) electrons. The Hall–Kier alpha value is -2.39. The average Bonchev–Trinajstić information content (AvgIpc) is 3.25. The summed E-state index contributed by atoms with van der Waals surface area (Å²) in [5.74, 6) is -0.462. The molecule has 2 heterocycles. The lowest BCUT2D eigenvalue weighted by Crippen LogP contribution is -2.28. The van der Waals surface area contributed by atoms with Gasteiger partial charge in [-0.3, -0.25) is 9.48 Å². The molecule has 9 heteroatoms. The van der Waals surface area contributed by atoms with Gasteiger partial charge in [0.25, 0.3) is 0 Å². The Labute approximate surface area is 165 Å². The molecule has 2 N–H and O–H groups in total. The van der Waals surface area contributed by atoms with Crippen LogP contribution >= 0.6 is 0 Å². The zero-order valence-corrected chi connectivity index (χ0v) is 17.2. The van der Waals surface area contributed by atoms with Gasteiger partial charge in [0.1, 0.15) is 5.75 Å². The van der Waals surface area contributed by atoms with E-state index in [1.54, 1.807) is 4.68 Å². The van der Waals surface area contributed by atoms with E-state index in [0.29, 0.717) is 19.5 Å². The molecular weight excluding hydrogens is 380 g/mol. The average molecular weight is 407 g/mol. The van der Waals surface area contributed by atoms with Gasteiger partial charge in [0.05, 0.1) is 16.3 Å². The molecule has 0 unspecified atom stereocenters. The molecule has 8 nitrogen and oxygen atoms in total. The van der Waals surface area contributed by atoms with Gasteiger partial charge in [-0.05, 0) is 56.9 Å². The van der Waals surface area contributed by atoms with Crippen molar-refractivity contribution in [2.45, 2.75) is 44.4 Å². The van der Waals surface area contributed by atoms with Crippen LogP contribution in [0, 0.1) is 13.8 Å². The van der Waals surface area contributed by atoms with Gasteiger partial charge in [0.2, 0.25) is 15.9 Å². The number of benzene rings is 1. The van der Waals surface area contributed by atoms with Gasteiger partial charge in [-0.2, -0.15) is 9.40 Å². The van der Waals surface area contributed by atoms with Gasteiger partial charge in [-0.1, -0.05) is 0 Å². The SMILES string of the molecule is Cc1nn(C)c(C)c1CCC(=O)Nc1cc(S(=O)(=O)N2CCCC2)ccc1O. The summed E-state index contributed by atoms with van der Waals surface area (Å²) in [6.45, 7) is 4.84. The van der Waals surface area contributed by atoms with E-state index in [1.807, 2.05) is 20.9 Å². The van der Waals surface area contributed by atoms with Gasteiger partial charge in [0.15, 0.2) is 0 Å². The summed E-state index contributed by atoms with van der Waals surface area (Å²) < 4.78 is 28.6. The Morgan fingerprint density at radius 2 is 1.93 bits per heavy atom. The van der Waals surface area contributed by atoms with Crippen LogP contribution in [-0.2, 0) is 28.3 Å². The number of aromatic nitrogens is 2. The fourth-order valence-electron chi connectivity index (χ4n) is 3.48. The molecule has 0 atom stereocenters. The van der Waals surface area contributed by atoms with Crippen molar-refractivity contribution in [1.29, 1.82) is 0 Å². The number of nitrogens with zero attached hydrogens (tertiary/aromatic N) is 3. The third-order valence-electron chi connectivity index (χ3n) is 5.21. The van der Waals surface area contributed by atoms with E-state index < -0.39 is 10.0 Å². The summed E-state index contributed by atoms with van der Waals surface area (Å²) >= 11 is 0. The number of carbonyl (C=O) groups excluding carboxylic acids is 1. The predicted molar refractivity (Wildman–Crippen MR) is 106 cm³/mol. The van der Waals surface area contributed by atoms with Crippen molar-refractivity contribution in [3.05, 3.63) is 35.2 Å². The quantitative estimate of drug-likeness (QED) is 0.715. The standard InChI is InChI=1S/C19H26N4O4S/c1-13-16(14(2)22(3)21-13)7-9-19(25)20-17-12-15(6-8-18(17)24)28(26,27)23-10-4-5-11-23/h6,8,12,24H,4-5,7,9-11H2,1-3H3,(H,20,25). The Kier molecular flexibility index (Phi) is 5.76. The minimum Gasteiger partial charge on any atom is -0.506 e. The van der Waals surface area contributed by atoms with Crippen molar-refractivity contribution in [1.82, 2.24) is 14.1 Å². The molecule has 1 aliphatic rings. The van der Waals surface area contributed by atoms with Crippen LogP contribution in [0.3, 0.4) is 0 Å². The highest BCUT2D eigenvalue weighted by atomic mass is 32.2. The fraction of sp³-hybridized carbons (Fsp3) is 0.474. The van der Waals surface area contributed by atoms with Gasteiger partial charge < -0.3 is 10.4 Å². The van der Waals surface area contributed by atoms with Gasteiger partial charge in [-0.25, -0.2) is 8.42 Å². The summed E-state index contributed by atoms with van der Waals surface area (Å²) in [6, 6.07) is 3.98. The molecule has 1 aromatic heterocycles. The lowest BCUT2D eigenvalue weighted by atomic mass is 10.1. The molecule has 1 aliphatic heterocycles. The summed E-state index contributed by atoms with van der Waals surface area (Å²) in [7, 11) is -1.76. The zero-order chi connectivity index (χ0) is 20.5. The molecule has 0 aliphatic carbocycles. The monoisotopic (exact) mass is 406 g/mol. The first-order chi connectivity index (χ1) is 13.2. The van der Waals surface area contributed by atoms with Crippen LogP contribution in [0.1, 0.15) is 36.2 Å². The molecule has 1 saturated heterocycles. The number of carbonyl (C=O) groups is 1. The van der Waals surface area contributed by atoms with Gasteiger partial charge in [-0.15, -0.1) is 0 Å². The molecule has 0 bridgehead atoms. The Balaban J connectivity index is 1.72. The van der Waals surface area contributed by atoms with Gasteiger partial charge in [0, 0.05) is 32.3 Å². The summed E-state index contributed by atoms with van der Waals surface area (Å²) in [5.41, 5.74) is 3.01. The van der Waals surface area contributed by atoms with Crippen LogP contribution in [0.4, 0.5) is 5.69 Å². The van der Waals surface area contributed by atoms with Crippen LogP contribution < -0.4 is 5.32 Å². The summed E-state index contributed by atoms with van der Waals surface area (Å²) in [4.78, 5) is 12.4. The summed E-state index contributed by atoms with van der Waals surface area (Å²) in [5, 5.41) is 17.0. The minimum absolute atomic E-state index is 0.0708. The Morgan fingerprint density at radius 3 is 2.54 bits per heavy atom. The summed E-state index contributed by atoms with van der Waals surface area (Å²) in [6.07, 6.45) is 2.40. The largest absolute Gasteiger partial charge is 0.506 e. The molecule has 152 valence electrons. The van der Waals surface area contributed by atoms with Crippen LogP contribution in [0.5, 0.6) is 5.75 Å². The molecule has 0 saturated carbocycles. The van der Waals surface area contributed by atoms with Crippen molar-refractivity contribution in [3.63, 3.8) is 0 Å². The first-order valence-electron chi connectivity index (χ1n) is 9.32. The number of aryl methyl sites for hydroxylation is 2. The number of rotatable bonds is 6. The van der Waals surface area contributed by atoms with Crippen LogP contribution in [-0.4, -0.2) is 46.6 Å².